The van der Waals surface area contributed by atoms with Gasteiger partial charge in [-0.2, -0.15) is 0 Å². The predicted molar refractivity (Wildman–Crippen MR) is 85.6 cm³/mol. The number of likely N-dealkylation sites (N-methyl/N-ethyl adjacent to an activating group) is 1. The first-order chi connectivity index (χ1) is 9.39. The second-order valence-electron chi connectivity index (χ2n) is 6.30. The molecule has 2 N–H and O–H groups in total. The highest BCUT2D eigenvalue weighted by molar-refractivity contribution is 7.91. The maximum Gasteiger partial charge on any atom is 0.150 e. The van der Waals surface area contributed by atoms with Gasteiger partial charge in [-0.3, -0.25) is 4.90 Å². The Morgan fingerprint density at radius 1 is 1.35 bits per heavy atom. The van der Waals surface area contributed by atoms with Crippen LogP contribution in [0, 0.1) is 5.92 Å². The monoisotopic (exact) mass is 304 g/mol. The number of hydrogen-bond acceptors (Lipinski definition) is 4. The summed E-state index contributed by atoms with van der Waals surface area (Å²) in [6.45, 7) is 8.67. The lowest BCUT2D eigenvalue weighted by molar-refractivity contribution is 0.0435. The minimum atomic E-state index is -2.85. The van der Waals surface area contributed by atoms with E-state index in [1.807, 2.05) is 0 Å². The van der Waals surface area contributed by atoms with E-state index in [-0.39, 0.29) is 11.3 Å². The Balaban J connectivity index is 2.63. The molecular formula is C15H32N2O2S. The average Bonchev–Trinajstić information content (AvgIpc) is 2.43. The van der Waals surface area contributed by atoms with E-state index in [0.717, 1.165) is 38.3 Å². The first-order valence-corrected chi connectivity index (χ1v) is 9.87. The number of rotatable bonds is 8. The van der Waals surface area contributed by atoms with Crippen LogP contribution in [0.25, 0.3) is 0 Å². The summed E-state index contributed by atoms with van der Waals surface area (Å²) in [6.07, 6.45) is 5.56. The summed E-state index contributed by atoms with van der Waals surface area (Å²) in [4.78, 5) is 2.44. The van der Waals surface area contributed by atoms with Crippen molar-refractivity contribution in [1.29, 1.82) is 0 Å². The maximum atomic E-state index is 11.6. The van der Waals surface area contributed by atoms with Crippen LogP contribution < -0.4 is 5.73 Å². The smallest absolute Gasteiger partial charge is 0.150 e. The molecule has 1 rings (SSSR count). The molecule has 0 saturated heterocycles. The van der Waals surface area contributed by atoms with E-state index in [1.54, 1.807) is 6.92 Å². The summed E-state index contributed by atoms with van der Waals surface area (Å²) in [6, 6.07) is 0. The molecule has 2 unspecified atom stereocenters. The topological polar surface area (TPSA) is 63.4 Å². The van der Waals surface area contributed by atoms with Crippen LogP contribution in [0.3, 0.4) is 0 Å². The second kappa shape index (κ2) is 7.76. The Morgan fingerprint density at radius 3 is 2.55 bits per heavy atom. The molecule has 1 saturated carbocycles. The van der Waals surface area contributed by atoms with E-state index < -0.39 is 9.84 Å². The normalized spacial score (nSPS) is 27.9. The molecule has 0 heterocycles. The predicted octanol–water partition coefficient (Wildman–Crippen LogP) is 2.04. The largest absolute Gasteiger partial charge is 0.329 e. The quantitative estimate of drug-likeness (QED) is 0.745. The molecule has 0 amide bonds. The van der Waals surface area contributed by atoms with Gasteiger partial charge < -0.3 is 5.73 Å². The van der Waals surface area contributed by atoms with Gasteiger partial charge in [0.05, 0.1) is 5.75 Å². The van der Waals surface area contributed by atoms with Crippen molar-refractivity contribution >= 4 is 9.84 Å². The van der Waals surface area contributed by atoms with Crippen molar-refractivity contribution in [2.24, 2.45) is 11.7 Å². The van der Waals surface area contributed by atoms with Crippen LogP contribution in [-0.4, -0.2) is 50.0 Å². The van der Waals surface area contributed by atoms with Crippen LogP contribution in [0.4, 0.5) is 0 Å². The van der Waals surface area contributed by atoms with E-state index in [1.165, 1.54) is 12.8 Å². The lowest BCUT2D eigenvalue weighted by atomic mass is 9.75. The summed E-state index contributed by atoms with van der Waals surface area (Å²) in [5.74, 6) is 1.27. The van der Waals surface area contributed by atoms with Crippen molar-refractivity contribution in [2.45, 2.75) is 58.4 Å². The Bertz CT molecular complexity index is 383. The second-order valence-corrected chi connectivity index (χ2v) is 8.77. The molecule has 0 aromatic carbocycles. The molecule has 0 aromatic rings. The van der Waals surface area contributed by atoms with Crippen LogP contribution in [0.5, 0.6) is 0 Å². The number of nitrogens with zero attached hydrogens (tertiary/aromatic N) is 1. The van der Waals surface area contributed by atoms with Gasteiger partial charge in [-0.15, -0.1) is 0 Å². The average molecular weight is 305 g/mol. The van der Waals surface area contributed by atoms with Gasteiger partial charge in [0.15, 0.2) is 0 Å². The molecule has 1 fully saturated rings. The number of hydrogen-bond donors (Lipinski definition) is 1. The molecule has 120 valence electrons. The van der Waals surface area contributed by atoms with Gasteiger partial charge in [-0.05, 0) is 38.3 Å². The van der Waals surface area contributed by atoms with E-state index in [4.69, 9.17) is 5.73 Å². The van der Waals surface area contributed by atoms with Crippen LogP contribution in [0.15, 0.2) is 0 Å². The SMILES string of the molecule is CCN(CCCS(=O)(=O)CC)C1(CN)CCCC(C)C1. The highest BCUT2D eigenvalue weighted by Crippen LogP contribution is 2.36. The van der Waals surface area contributed by atoms with E-state index in [0.29, 0.717) is 12.3 Å². The summed E-state index contributed by atoms with van der Waals surface area (Å²) < 4.78 is 23.2. The van der Waals surface area contributed by atoms with Crippen LogP contribution in [0.1, 0.15) is 52.9 Å². The third-order valence-corrected chi connectivity index (χ3v) is 6.61. The minimum Gasteiger partial charge on any atom is -0.329 e. The minimum absolute atomic E-state index is 0.0996. The maximum absolute atomic E-state index is 11.6. The van der Waals surface area contributed by atoms with E-state index in [2.05, 4.69) is 18.7 Å². The molecule has 4 nitrogen and oxygen atoms in total. The molecule has 0 aromatic heterocycles. The molecule has 0 spiro atoms. The summed E-state index contributed by atoms with van der Waals surface area (Å²) in [5.41, 5.74) is 6.20. The fourth-order valence-corrected chi connectivity index (χ4v) is 4.44. The van der Waals surface area contributed by atoms with Gasteiger partial charge in [0, 0.05) is 17.8 Å². The zero-order chi connectivity index (χ0) is 15.2. The third-order valence-electron chi connectivity index (χ3n) is 4.82. The fourth-order valence-electron chi connectivity index (χ4n) is 3.58. The molecule has 2 atom stereocenters. The number of sulfone groups is 1. The summed E-state index contributed by atoms with van der Waals surface area (Å²) in [7, 11) is -2.85. The third kappa shape index (κ3) is 4.71. The molecule has 1 aliphatic carbocycles. The Labute approximate surface area is 125 Å². The van der Waals surface area contributed by atoms with Crippen molar-refractivity contribution in [3.05, 3.63) is 0 Å². The Kier molecular flexibility index (Phi) is 6.95. The van der Waals surface area contributed by atoms with Crippen molar-refractivity contribution in [3.8, 4) is 0 Å². The zero-order valence-electron chi connectivity index (χ0n) is 13.4. The molecular weight excluding hydrogens is 272 g/mol. The number of nitrogens with two attached hydrogens (primary N) is 1. The molecule has 0 aliphatic heterocycles. The van der Waals surface area contributed by atoms with Crippen LogP contribution in [0.2, 0.25) is 0 Å². The van der Waals surface area contributed by atoms with Gasteiger partial charge in [0.25, 0.3) is 0 Å². The van der Waals surface area contributed by atoms with E-state index in [9.17, 15) is 8.42 Å². The Morgan fingerprint density at radius 2 is 2.05 bits per heavy atom. The molecule has 0 bridgehead atoms. The van der Waals surface area contributed by atoms with Gasteiger partial charge in [-0.25, -0.2) is 8.42 Å². The lowest BCUT2D eigenvalue weighted by Gasteiger charge is -2.47. The van der Waals surface area contributed by atoms with Crippen molar-refractivity contribution in [1.82, 2.24) is 4.90 Å². The Hall–Kier alpha value is -0.130. The molecule has 20 heavy (non-hydrogen) atoms. The van der Waals surface area contributed by atoms with Gasteiger partial charge in [0.2, 0.25) is 0 Å². The van der Waals surface area contributed by atoms with Gasteiger partial charge >= 0.3 is 0 Å². The highest BCUT2D eigenvalue weighted by atomic mass is 32.2. The lowest BCUT2D eigenvalue weighted by Crippen LogP contribution is -2.56. The highest BCUT2D eigenvalue weighted by Gasteiger charge is 2.38. The first kappa shape index (κ1) is 17.9. The first-order valence-electron chi connectivity index (χ1n) is 8.04. The molecule has 1 aliphatic rings. The zero-order valence-corrected chi connectivity index (χ0v) is 14.2. The standard InChI is InChI=1S/C15H32N2O2S/c1-4-17(10-7-11-20(18,19)5-2)15(13-16)9-6-8-14(3)12-15/h14H,4-13,16H2,1-3H3. The van der Waals surface area contributed by atoms with E-state index >= 15 is 0 Å². The summed E-state index contributed by atoms with van der Waals surface area (Å²) >= 11 is 0. The van der Waals surface area contributed by atoms with Gasteiger partial charge in [-0.1, -0.05) is 33.6 Å². The van der Waals surface area contributed by atoms with Crippen LogP contribution in [-0.2, 0) is 9.84 Å². The van der Waals surface area contributed by atoms with Crippen molar-refractivity contribution < 1.29 is 8.42 Å². The van der Waals surface area contributed by atoms with Crippen molar-refractivity contribution in [2.75, 3.05) is 31.1 Å². The summed E-state index contributed by atoms with van der Waals surface area (Å²) in [5, 5.41) is 0. The van der Waals surface area contributed by atoms with Gasteiger partial charge in [0.1, 0.15) is 9.84 Å². The fraction of sp³-hybridized carbons (Fsp3) is 1.00. The molecule has 0 radical (unpaired) electrons. The van der Waals surface area contributed by atoms with Crippen LogP contribution >= 0.6 is 0 Å². The molecule has 5 heteroatoms. The van der Waals surface area contributed by atoms with Crippen molar-refractivity contribution in [3.63, 3.8) is 0 Å².